The Morgan fingerprint density at radius 1 is 0.833 bits per heavy atom. The van der Waals surface area contributed by atoms with Crippen molar-refractivity contribution in [3.8, 4) is 5.75 Å². The van der Waals surface area contributed by atoms with Crippen LogP contribution in [0.4, 0.5) is 0 Å². The first-order valence-corrected chi connectivity index (χ1v) is 6.97. The molecule has 0 saturated heterocycles. The number of hydrogen-bond donors (Lipinski definition) is 0. The van der Waals surface area contributed by atoms with Crippen LogP contribution in [0.3, 0.4) is 0 Å². The Labute approximate surface area is 107 Å². The van der Waals surface area contributed by atoms with E-state index in [9.17, 15) is 8.42 Å². The number of para-hydroxylation sites is 1. The third kappa shape index (κ3) is 2.54. The van der Waals surface area contributed by atoms with Crippen LogP contribution < -0.4 is 4.18 Å². The molecule has 0 spiro atoms. The number of aryl methyl sites for hydroxylation is 2. The molecule has 0 aliphatic rings. The molecule has 2 aromatic carbocycles. The van der Waals surface area contributed by atoms with Gasteiger partial charge in [0.2, 0.25) is 0 Å². The quantitative estimate of drug-likeness (QED) is 0.798. The summed E-state index contributed by atoms with van der Waals surface area (Å²) in [6, 6.07) is 13.6. The van der Waals surface area contributed by atoms with Crippen LogP contribution in [0.2, 0.25) is 0 Å². The fourth-order valence-corrected chi connectivity index (χ4v) is 2.74. The first kappa shape index (κ1) is 12.6. The standard InChI is InChI=1S/C14H14O3S/c1-11-7-6-8-12(2)14(11)17-18(15,16)13-9-4-3-5-10-13/h3-10H,1-2H3. The molecule has 3 nitrogen and oxygen atoms in total. The van der Waals surface area contributed by atoms with Crippen molar-refractivity contribution in [3.05, 3.63) is 59.7 Å². The molecule has 94 valence electrons. The van der Waals surface area contributed by atoms with Gasteiger partial charge in [-0.25, -0.2) is 0 Å². The monoisotopic (exact) mass is 262 g/mol. The van der Waals surface area contributed by atoms with Crippen LogP contribution in [-0.4, -0.2) is 8.42 Å². The maximum absolute atomic E-state index is 12.1. The van der Waals surface area contributed by atoms with Crippen molar-refractivity contribution in [1.29, 1.82) is 0 Å². The van der Waals surface area contributed by atoms with E-state index in [0.29, 0.717) is 5.75 Å². The molecule has 0 fully saturated rings. The van der Waals surface area contributed by atoms with Gasteiger partial charge >= 0.3 is 10.1 Å². The zero-order valence-electron chi connectivity index (χ0n) is 10.3. The van der Waals surface area contributed by atoms with Gasteiger partial charge in [-0.2, -0.15) is 8.42 Å². The summed E-state index contributed by atoms with van der Waals surface area (Å²) in [6.45, 7) is 3.64. The van der Waals surface area contributed by atoms with Gasteiger partial charge < -0.3 is 4.18 Å². The second-order valence-electron chi connectivity index (χ2n) is 4.07. The van der Waals surface area contributed by atoms with Gasteiger partial charge in [0.1, 0.15) is 10.6 Å². The third-order valence-corrected chi connectivity index (χ3v) is 3.87. The molecule has 0 aliphatic heterocycles. The molecule has 18 heavy (non-hydrogen) atoms. The Balaban J connectivity index is 2.41. The van der Waals surface area contributed by atoms with Crippen LogP contribution in [0.15, 0.2) is 53.4 Å². The van der Waals surface area contributed by atoms with E-state index < -0.39 is 10.1 Å². The van der Waals surface area contributed by atoms with E-state index in [1.54, 1.807) is 18.2 Å². The first-order chi connectivity index (χ1) is 8.50. The highest BCUT2D eigenvalue weighted by Gasteiger charge is 2.18. The largest absolute Gasteiger partial charge is 0.378 e. The first-order valence-electron chi connectivity index (χ1n) is 5.56. The fourth-order valence-electron chi connectivity index (χ4n) is 1.68. The summed E-state index contributed by atoms with van der Waals surface area (Å²) in [5, 5.41) is 0. The van der Waals surface area contributed by atoms with Crippen LogP contribution in [-0.2, 0) is 10.1 Å². The Morgan fingerprint density at radius 2 is 1.39 bits per heavy atom. The molecule has 0 N–H and O–H groups in total. The predicted octanol–water partition coefficient (Wildman–Crippen LogP) is 3.07. The molecule has 0 bridgehead atoms. The van der Waals surface area contributed by atoms with Gasteiger partial charge in [0, 0.05) is 0 Å². The van der Waals surface area contributed by atoms with E-state index in [4.69, 9.17) is 4.18 Å². The Morgan fingerprint density at radius 3 is 1.94 bits per heavy atom. The van der Waals surface area contributed by atoms with Gasteiger partial charge in [-0.3, -0.25) is 0 Å². The van der Waals surface area contributed by atoms with Crippen LogP contribution in [0.25, 0.3) is 0 Å². The lowest BCUT2D eigenvalue weighted by molar-refractivity contribution is 0.482. The fraction of sp³-hybridized carbons (Fsp3) is 0.143. The van der Waals surface area contributed by atoms with Gasteiger partial charge in [-0.05, 0) is 37.1 Å². The van der Waals surface area contributed by atoms with Crippen LogP contribution >= 0.6 is 0 Å². The van der Waals surface area contributed by atoms with E-state index >= 15 is 0 Å². The maximum Gasteiger partial charge on any atom is 0.339 e. The lowest BCUT2D eigenvalue weighted by Gasteiger charge is -2.11. The lowest BCUT2D eigenvalue weighted by Crippen LogP contribution is -2.11. The molecule has 0 heterocycles. The predicted molar refractivity (Wildman–Crippen MR) is 70.2 cm³/mol. The second-order valence-corrected chi connectivity index (χ2v) is 5.62. The summed E-state index contributed by atoms with van der Waals surface area (Å²) in [5.74, 6) is 0.404. The summed E-state index contributed by atoms with van der Waals surface area (Å²) in [4.78, 5) is 0.160. The highest BCUT2D eigenvalue weighted by molar-refractivity contribution is 7.87. The van der Waals surface area contributed by atoms with Crippen molar-refractivity contribution in [2.75, 3.05) is 0 Å². The molecular weight excluding hydrogens is 248 g/mol. The third-order valence-electron chi connectivity index (χ3n) is 2.63. The molecule has 0 amide bonds. The molecular formula is C14H14O3S. The topological polar surface area (TPSA) is 43.4 Å². The summed E-state index contributed by atoms with van der Waals surface area (Å²) in [5.41, 5.74) is 1.60. The molecule has 2 aromatic rings. The molecule has 0 atom stereocenters. The smallest absolute Gasteiger partial charge is 0.339 e. The normalized spacial score (nSPS) is 11.2. The summed E-state index contributed by atoms with van der Waals surface area (Å²) in [6.07, 6.45) is 0. The van der Waals surface area contributed by atoms with E-state index in [-0.39, 0.29) is 4.90 Å². The summed E-state index contributed by atoms with van der Waals surface area (Å²) < 4.78 is 29.4. The number of hydrogen-bond acceptors (Lipinski definition) is 3. The van der Waals surface area contributed by atoms with Crippen molar-refractivity contribution >= 4 is 10.1 Å². The Bertz CT molecular complexity index is 626. The highest BCUT2D eigenvalue weighted by atomic mass is 32.2. The van der Waals surface area contributed by atoms with Crippen LogP contribution in [0, 0.1) is 13.8 Å². The van der Waals surface area contributed by atoms with Crippen molar-refractivity contribution < 1.29 is 12.6 Å². The van der Waals surface area contributed by atoms with Gasteiger partial charge in [0.05, 0.1) is 0 Å². The maximum atomic E-state index is 12.1. The van der Waals surface area contributed by atoms with Crippen LogP contribution in [0.1, 0.15) is 11.1 Å². The molecule has 2 rings (SSSR count). The average molecular weight is 262 g/mol. The molecule has 0 aliphatic carbocycles. The zero-order valence-corrected chi connectivity index (χ0v) is 11.1. The van der Waals surface area contributed by atoms with Gasteiger partial charge in [0.15, 0.2) is 0 Å². The second kappa shape index (κ2) is 4.82. The lowest BCUT2D eigenvalue weighted by atomic mass is 10.1. The minimum absolute atomic E-state index is 0.160. The average Bonchev–Trinajstić information content (AvgIpc) is 2.35. The summed E-state index contributed by atoms with van der Waals surface area (Å²) >= 11 is 0. The van der Waals surface area contributed by atoms with Gasteiger partial charge in [0.25, 0.3) is 0 Å². The number of rotatable bonds is 3. The zero-order chi connectivity index (χ0) is 13.2. The SMILES string of the molecule is Cc1cccc(C)c1OS(=O)(=O)c1ccccc1. The van der Waals surface area contributed by atoms with Crippen molar-refractivity contribution in [2.45, 2.75) is 18.7 Å². The Kier molecular flexibility index (Phi) is 3.39. The Hall–Kier alpha value is -1.81. The van der Waals surface area contributed by atoms with Crippen molar-refractivity contribution in [3.63, 3.8) is 0 Å². The van der Waals surface area contributed by atoms with Crippen molar-refractivity contribution in [1.82, 2.24) is 0 Å². The number of benzene rings is 2. The molecule has 4 heteroatoms. The van der Waals surface area contributed by atoms with E-state index in [1.165, 1.54) is 12.1 Å². The van der Waals surface area contributed by atoms with Crippen LogP contribution in [0.5, 0.6) is 5.75 Å². The van der Waals surface area contributed by atoms with E-state index in [1.807, 2.05) is 32.0 Å². The molecule has 0 saturated carbocycles. The van der Waals surface area contributed by atoms with Gasteiger partial charge in [-0.1, -0.05) is 36.4 Å². The van der Waals surface area contributed by atoms with Crippen molar-refractivity contribution in [2.24, 2.45) is 0 Å². The van der Waals surface area contributed by atoms with E-state index in [2.05, 4.69) is 0 Å². The minimum Gasteiger partial charge on any atom is -0.378 e. The molecule has 0 radical (unpaired) electrons. The van der Waals surface area contributed by atoms with E-state index in [0.717, 1.165) is 11.1 Å². The summed E-state index contributed by atoms with van der Waals surface area (Å²) in [7, 11) is -3.76. The minimum atomic E-state index is -3.76. The highest BCUT2D eigenvalue weighted by Crippen LogP contribution is 2.26. The molecule has 0 aromatic heterocycles. The molecule has 0 unspecified atom stereocenters. The van der Waals surface area contributed by atoms with Gasteiger partial charge in [-0.15, -0.1) is 0 Å².